The summed E-state index contributed by atoms with van der Waals surface area (Å²) in [6, 6.07) is 8.97. The van der Waals surface area contributed by atoms with E-state index in [2.05, 4.69) is 0 Å². The molecule has 0 saturated carbocycles. The Balaban J connectivity index is 2.36. The highest BCUT2D eigenvalue weighted by Crippen LogP contribution is 2.36. The Morgan fingerprint density at radius 1 is 0.957 bits per heavy atom. The van der Waals surface area contributed by atoms with Crippen molar-refractivity contribution in [3.05, 3.63) is 53.1 Å². The third-order valence-electron chi connectivity index (χ3n) is 3.83. The lowest BCUT2D eigenvalue weighted by Crippen LogP contribution is -2.15. The second-order valence-electron chi connectivity index (χ2n) is 5.21. The average molecular weight is 320 g/mol. The molecule has 6 nitrogen and oxygen atoms in total. The molecule has 0 amide bonds. The first-order valence-corrected chi connectivity index (χ1v) is 7.10. The number of benzene rings is 2. The maximum Gasteiger partial charge on any atom is 0.160 e. The monoisotopic (exact) mass is 320 g/mol. The van der Waals surface area contributed by atoms with Crippen LogP contribution >= 0.6 is 0 Å². The van der Waals surface area contributed by atoms with Gasteiger partial charge in [-0.1, -0.05) is 12.1 Å². The van der Waals surface area contributed by atoms with Crippen LogP contribution in [0.3, 0.4) is 0 Å². The zero-order valence-electron chi connectivity index (χ0n) is 12.7. The van der Waals surface area contributed by atoms with Crippen LogP contribution in [0, 0.1) is 0 Å². The molecule has 2 atom stereocenters. The molecule has 124 valence electrons. The second-order valence-corrected chi connectivity index (χ2v) is 5.21. The smallest absolute Gasteiger partial charge is 0.160 e. The van der Waals surface area contributed by atoms with Gasteiger partial charge in [0.05, 0.1) is 26.4 Å². The summed E-state index contributed by atoms with van der Waals surface area (Å²) in [5, 5.41) is 48.6. The van der Waals surface area contributed by atoms with E-state index in [1.54, 1.807) is 12.1 Å². The van der Waals surface area contributed by atoms with Crippen LogP contribution in [0.15, 0.2) is 36.4 Å². The number of hydrogen-bond acceptors (Lipinski definition) is 6. The Morgan fingerprint density at radius 3 is 2.22 bits per heavy atom. The van der Waals surface area contributed by atoms with Crippen LogP contribution in [-0.4, -0.2) is 39.2 Å². The zero-order chi connectivity index (χ0) is 17.0. The lowest BCUT2D eigenvalue weighted by atomic mass is 9.89. The third-order valence-corrected chi connectivity index (χ3v) is 3.83. The Labute approximate surface area is 133 Å². The number of ether oxygens (including phenoxy) is 1. The van der Waals surface area contributed by atoms with Crippen molar-refractivity contribution in [3.63, 3.8) is 0 Å². The van der Waals surface area contributed by atoms with Crippen LogP contribution in [-0.2, 0) is 6.61 Å². The first kappa shape index (κ1) is 17.1. The van der Waals surface area contributed by atoms with Crippen molar-refractivity contribution < 1.29 is 30.3 Å². The fraction of sp³-hybridized carbons (Fsp3) is 0.294. The van der Waals surface area contributed by atoms with Crippen molar-refractivity contribution in [1.29, 1.82) is 0 Å². The van der Waals surface area contributed by atoms with E-state index in [1.165, 1.54) is 31.4 Å². The van der Waals surface area contributed by atoms with Crippen LogP contribution in [0.5, 0.6) is 17.2 Å². The minimum absolute atomic E-state index is 0.0328. The van der Waals surface area contributed by atoms with E-state index in [9.17, 15) is 25.5 Å². The quantitative estimate of drug-likeness (QED) is 0.550. The lowest BCUT2D eigenvalue weighted by Gasteiger charge is -2.23. The number of aliphatic hydroxyl groups excluding tert-OH is 3. The summed E-state index contributed by atoms with van der Waals surface area (Å²) in [6.07, 6.45) is -1.06. The third kappa shape index (κ3) is 3.56. The molecule has 2 aromatic rings. The molecular formula is C17H20O6. The predicted molar refractivity (Wildman–Crippen MR) is 83.5 cm³/mol. The Kier molecular flexibility index (Phi) is 5.44. The largest absolute Gasteiger partial charge is 0.508 e. The number of aromatic hydroxyl groups is 2. The van der Waals surface area contributed by atoms with Crippen LogP contribution in [0.4, 0.5) is 0 Å². The molecule has 0 heterocycles. The fourth-order valence-electron chi connectivity index (χ4n) is 2.46. The SMILES string of the molecule is COc1cc(C(CO)[C@@H](O)c2ccc(O)c(CO)c2)ccc1O. The summed E-state index contributed by atoms with van der Waals surface area (Å²) in [4.78, 5) is 0. The van der Waals surface area contributed by atoms with E-state index >= 15 is 0 Å². The van der Waals surface area contributed by atoms with Gasteiger partial charge in [0, 0.05) is 11.5 Å². The average Bonchev–Trinajstić information content (AvgIpc) is 2.57. The van der Waals surface area contributed by atoms with Gasteiger partial charge in [-0.05, 0) is 35.4 Å². The van der Waals surface area contributed by atoms with Crippen molar-refractivity contribution in [1.82, 2.24) is 0 Å². The Hall–Kier alpha value is -2.28. The molecule has 0 radical (unpaired) electrons. The molecule has 0 aliphatic heterocycles. The van der Waals surface area contributed by atoms with E-state index in [-0.39, 0.29) is 30.5 Å². The minimum atomic E-state index is -1.06. The predicted octanol–water partition coefficient (Wildman–Crippen LogP) is 1.41. The fourth-order valence-corrected chi connectivity index (χ4v) is 2.46. The molecule has 0 aliphatic rings. The Bertz CT molecular complexity index is 670. The van der Waals surface area contributed by atoms with Gasteiger partial charge in [-0.3, -0.25) is 0 Å². The highest BCUT2D eigenvalue weighted by atomic mass is 16.5. The van der Waals surface area contributed by atoms with Crippen molar-refractivity contribution in [2.45, 2.75) is 18.6 Å². The van der Waals surface area contributed by atoms with Crippen molar-refractivity contribution in [3.8, 4) is 17.2 Å². The molecular weight excluding hydrogens is 300 g/mol. The molecule has 2 rings (SSSR count). The topological polar surface area (TPSA) is 110 Å². The van der Waals surface area contributed by atoms with Crippen molar-refractivity contribution in [2.75, 3.05) is 13.7 Å². The van der Waals surface area contributed by atoms with Gasteiger partial charge in [0.1, 0.15) is 5.75 Å². The first-order valence-electron chi connectivity index (χ1n) is 7.10. The molecule has 1 unspecified atom stereocenters. The first-order chi connectivity index (χ1) is 11.0. The zero-order valence-corrected chi connectivity index (χ0v) is 12.7. The normalized spacial score (nSPS) is 13.6. The van der Waals surface area contributed by atoms with Crippen LogP contribution in [0.1, 0.15) is 28.7 Å². The maximum atomic E-state index is 10.6. The molecule has 5 N–H and O–H groups in total. The van der Waals surface area contributed by atoms with Gasteiger partial charge < -0.3 is 30.3 Å². The molecule has 23 heavy (non-hydrogen) atoms. The summed E-state index contributed by atoms with van der Waals surface area (Å²) in [5.74, 6) is -0.500. The van der Waals surface area contributed by atoms with Gasteiger partial charge in [0.25, 0.3) is 0 Å². The van der Waals surface area contributed by atoms with E-state index < -0.39 is 12.0 Å². The van der Waals surface area contributed by atoms with Gasteiger partial charge in [-0.15, -0.1) is 0 Å². The van der Waals surface area contributed by atoms with Crippen LogP contribution < -0.4 is 4.74 Å². The molecule has 0 aromatic heterocycles. The molecule has 0 fully saturated rings. The van der Waals surface area contributed by atoms with E-state index in [4.69, 9.17) is 4.74 Å². The summed E-state index contributed by atoms with van der Waals surface area (Å²) >= 11 is 0. The van der Waals surface area contributed by atoms with Gasteiger partial charge in [0.2, 0.25) is 0 Å². The number of hydrogen-bond donors (Lipinski definition) is 5. The number of aliphatic hydroxyl groups is 3. The van der Waals surface area contributed by atoms with Gasteiger partial charge in [-0.25, -0.2) is 0 Å². The number of phenols is 2. The molecule has 0 spiro atoms. The number of phenolic OH excluding ortho intramolecular Hbond substituents is 1. The van der Waals surface area contributed by atoms with Crippen molar-refractivity contribution in [2.24, 2.45) is 0 Å². The molecule has 2 aromatic carbocycles. The molecule has 6 heteroatoms. The molecule has 0 aliphatic carbocycles. The van der Waals surface area contributed by atoms with E-state index in [0.717, 1.165) is 0 Å². The maximum absolute atomic E-state index is 10.6. The van der Waals surface area contributed by atoms with E-state index in [1.807, 2.05) is 0 Å². The summed E-state index contributed by atoms with van der Waals surface area (Å²) in [6.45, 7) is -0.687. The standard InChI is InChI=1S/C17H20O6/c1-23-16-7-10(2-5-15(16)21)13(9-19)17(22)11-3-4-14(20)12(6-11)8-18/h2-7,13,17-22H,8-9H2,1H3/t13?,17-/m0/s1. The van der Waals surface area contributed by atoms with E-state index in [0.29, 0.717) is 16.7 Å². The Morgan fingerprint density at radius 2 is 1.61 bits per heavy atom. The van der Waals surface area contributed by atoms with Gasteiger partial charge in [-0.2, -0.15) is 0 Å². The highest BCUT2D eigenvalue weighted by molar-refractivity contribution is 5.44. The summed E-state index contributed by atoms with van der Waals surface area (Å²) in [7, 11) is 1.41. The van der Waals surface area contributed by atoms with Gasteiger partial charge >= 0.3 is 0 Å². The minimum Gasteiger partial charge on any atom is -0.508 e. The highest BCUT2D eigenvalue weighted by Gasteiger charge is 2.24. The summed E-state index contributed by atoms with van der Waals surface area (Å²) < 4.78 is 5.04. The van der Waals surface area contributed by atoms with Crippen molar-refractivity contribution >= 4 is 0 Å². The van der Waals surface area contributed by atoms with Crippen LogP contribution in [0.2, 0.25) is 0 Å². The molecule has 0 bridgehead atoms. The second kappa shape index (κ2) is 7.32. The number of methoxy groups -OCH3 is 1. The lowest BCUT2D eigenvalue weighted by molar-refractivity contribution is 0.106. The number of rotatable bonds is 6. The summed E-state index contributed by atoms with van der Waals surface area (Å²) in [5.41, 5.74) is 1.34. The molecule has 0 saturated heterocycles. The van der Waals surface area contributed by atoms with Crippen LogP contribution in [0.25, 0.3) is 0 Å². The van der Waals surface area contributed by atoms with Gasteiger partial charge in [0.15, 0.2) is 11.5 Å².